The van der Waals surface area contributed by atoms with Gasteiger partial charge < -0.3 is 20.1 Å². The van der Waals surface area contributed by atoms with Crippen LogP contribution in [0.4, 0.5) is 0 Å². The average molecular weight is 289 g/mol. The lowest BCUT2D eigenvalue weighted by molar-refractivity contribution is 0.168. The summed E-state index contributed by atoms with van der Waals surface area (Å²) in [5.74, 6) is 2.78. The van der Waals surface area contributed by atoms with E-state index in [1.54, 1.807) is 0 Å². The number of nitrogens with two attached hydrogens (primary N) is 1. The number of rotatable bonds is 3. The van der Waals surface area contributed by atoms with Crippen molar-refractivity contribution in [1.82, 2.24) is 4.90 Å². The Morgan fingerprint density at radius 2 is 2.00 bits per heavy atom. The van der Waals surface area contributed by atoms with Crippen molar-refractivity contribution in [1.29, 1.82) is 0 Å². The second-order valence-corrected chi connectivity index (χ2v) is 6.31. The monoisotopic (exact) mass is 289 g/mol. The molecule has 2 aliphatic rings. The van der Waals surface area contributed by atoms with Crippen molar-refractivity contribution in [3.05, 3.63) is 23.8 Å². The summed E-state index contributed by atoms with van der Waals surface area (Å²) in [5, 5.41) is 0. The summed E-state index contributed by atoms with van der Waals surface area (Å²) >= 11 is 0. The highest BCUT2D eigenvalue weighted by molar-refractivity contribution is 5.81. The summed E-state index contributed by atoms with van der Waals surface area (Å²) in [6.45, 7) is 9.34. The molecule has 0 radical (unpaired) electrons. The summed E-state index contributed by atoms with van der Waals surface area (Å²) in [5.41, 5.74) is 7.04. The van der Waals surface area contributed by atoms with E-state index in [-0.39, 0.29) is 5.54 Å². The number of fused-ring (bicyclic) bond motifs is 1. The third-order valence-corrected chi connectivity index (χ3v) is 4.13. The molecule has 1 atom stereocenters. The fourth-order valence-electron chi connectivity index (χ4n) is 2.94. The van der Waals surface area contributed by atoms with Crippen molar-refractivity contribution in [3.63, 3.8) is 0 Å². The van der Waals surface area contributed by atoms with Gasteiger partial charge in [-0.25, -0.2) is 0 Å². The molecule has 2 N–H and O–H groups in total. The van der Waals surface area contributed by atoms with E-state index in [0.717, 1.165) is 23.6 Å². The summed E-state index contributed by atoms with van der Waals surface area (Å²) in [6.07, 6.45) is 0. The number of ether oxygens (including phenoxy) is 2. The van der Waals surface area contributed by atoms with Crippen LogP contribution in [0, 0.1) is 5.92 Å². The maximum atomic E-state index is 6.10. The fraction of sp³-hybridized carbons (Fsp3) is 0.562. The maximum absolute atomic E-state index is 6.10. The van der Waals surface area contributed by atoms with Gasteiger partial charge in [-0.3, -0.25) is 4.99 Å². The second kappa shape index (κ2) is 5.13. The van der Waals surface area contributed by atoms with Gasteiger partial charge in [-0.15, -0.1) is 0 Å². The minimum atomic E-state index is -0.218. The van der Waals surface area contributed by atoms with E-state index >= 15 is 0 Å². The Kier molecular flexibility index (Phi) is 3.43. The van der Waals surface area contributed by atoms with Gasteiger partial charge in [0, 0.05) is 6.54 Å². The zero-order chi connectivity index (χ0) is 15.0. The number of benzene rings is 1. The molecule has 1 unspecified atom stereocenters. The molecule has 2 heterocycles. The van der Waals surface area contributed by atoms with E-state index in [9.17, 15) is 0 Å². The summed E-state index contributed by atoms with van der Waals surface area (Å²) in [6, 6.07) is 6.14. The van der Waals surface area contributed by atoms with Crippen molar-refractivity contribution >= 4 is 5.96 Å². The van der Waals surface area contributed by atoms with Gasteiger partial charge in [0.25, 0.3) is 0 Å². The van der Waals surface area contributed by atoms with Crippen LogP contribution >= 0.6 is 0 Å². The van der Waals surface area contributed by atoms with Gasteiger partial charge in [0.05, 0.1) is 12.1 Å². The van der Waals surface area contributed by atoms with E-state index in [0.29, 0.717) is 31.6 Å². The summed E-state index contributed by atoms with van der Waals surface area (Å²) in [7, 11) is 0. The van der Waals surface area contributed by atoms with Crippen LogP contribution < -0.4 is 15.2 Å². The summed E-state index contributed by atoms with van der Waals surface area (Å²) in [4.78, 5) is 6.66. The predicted molar refractivity (Wildman–Crippen MR) is 82.8 cm³/mol. The lowest BCUT2D eigenvalue weighted by Gasteiger charge is -2.38. The van der Waals surface area contributed by atoms with Gasteiger partial charge in [0.1, 0.15) is 13.2 Å². The van der Waals surface area contributed by atoms with E-state index in [1.807, 2.05) is 6.07 Å². The SMILES string of the molecule is CC(C)CN1C(N)=NCC1(C)c1ccc2c(c1)OCCO2. The zero-order valence-corrected chi connectivity index (χ0v) is 12.9. The standard InChI is InChI=1S/C16H23N3O2/c1-11(2)9-19-15(17)18-10-16(19,3)12-4-5-13-14(8-12)21-7-6-20-13/h4-5,8,11H,6-7,9-10H2,1-3H3,(H2,17,18). The highest BCUT2D eigenvalue weighted by Gasteiger charge is 2.40. The molecule has 0 saturated heterocycles. The minimum Gasteiger partial charge on any atom is -0.486 e. The Balaban J connectivity index is 1.94. The molecule has 1 aromatic carbocycles. The zero-order valence-electron chi connectivity index (χ0n) is 12.9. The fourth-order valence-corrected chi connectivity index (χ4v) is 2.94. The molecule has 5 heteroatoms. The van der Waals surface area contributed by atoms with E-state index in [1.165, 1.54) is 0 Å². The first-order valence-electron chi connectivity index (χ1n) is 7.48. The molecule has 0 bridgehead atoms. The molecule has 1 aromatic rings. The van der Waals surface area contributed by atoms with Crippen LogP contribution in [0.5, 0.6) is 11.5 Å². The van der Waals surface area contributed by atoms with E-state index in [4.69, 9.17) is 15.2 Å². The van der Waals surface area contributed by atoms with Gasteiger partial charge in [0.15, 0.2) is 17.5 Å². The molecular formula is C16H23N3O2. The van der Waals surface area contributed by atoms with Crippen molar-refractivity contribution in [2.75, 3.05) is 26.3 Å². The molecule has 21 heavy (non-hydrogen) atoms. The Bertz CT molecular complexity index is 571. The highest BCUT2D eigenvalue weighted by Crippen LogP contribution is 2.39. The first-order valence-corrected chi connectivity index (χ1v) is 7.48. The molecule has 3 rings (SSSR count). The Hall–Kier alpha value is -1.91. The van der Waals surface area contributed by atoms with Crippen LogP contribution in [-0.4, -0.2) is 37.2 Å². The molecule has 5 nitrogen and oxygen atoms in total. The van der Waals surface area contributed by atoms with Crippen LogP contribution in [0.3, 0.4) is 0 Å². The molecule has 2 aliphatic heterocycles. The second-order valence-electron chi connectivity index (χ2n) is 6.31. The van der Waals surface area contributed by atoms with Crippen LogP contribution in [0.25, 0.3) is 0 Å². The smallest absolute Gasteiger partial charge is 0.192 e. The normalized spacial score (nSPS) is 24.4. The molecule has 0 saturated carbocycles. The maximum Gasteiger partial charge on any atom is 0.192 e. The predicted octanol–water partition coefficient (Wildman–Crippen LogP) is 1.96. The third kappa shape index (κ3) is 2.41. The van der Waals surface area contributed by atoms with Crippen LogP contribution in [0.2, 0.25) is 0 Å². The van der Waals surface area contributed by atoms with Crippen LogP contribution in [0.15, 0.2) is 23.2 Å². The first-order chi connectivity index (χ1) is 10.0. The topological polar surface area (TPSA) is 60.1 Å². The molecular weight excluding hydrogens is 266 g/mol. The van der Waals surface area contributed by atoms with Crippen molar-refractivity contribution in [2.24, 2.45) is 16.6 Å². The lowest BCUT2D eigenvalue weighted by atomic mass is 9.90. The Morgan fingerprint density at radius 3 is 2.71 bits per heavy atom. The minimum absolute atomic E-state index is 0.218. The molecule has 0 fully saturated rings. The molecule has 114 valence electrons. The van der Waals surface area contributed by atoms with Crippen molar-refractivity contribution in [3.8, 4) is 11.5 Å². The third-order valence-electron chi connectivity index (χ3n) is 4.13. The van der Waals surface area contributed by atoms with E-state index in [2.05, 4.69) is 42.8 Å². The molecule has 0 aliphatic carbocycles. The number of nitrogens with zero attached hydrogens (tertiary/aromatic N) is 2. The number of hydrogen-bond acceptors (Lipinski definition) is 5. The van der Waals surface area contributed by atoms with Gasteiger partial charge in [-0.2, -0.15) is 0 Å². The van der Waals surface area contributed by atoms with Gasteiger partial charge >= 0.3 is 0 Å². The number of hydrogen-bond donors (Lipinski definition) is 1. The Morgan fingerprint density at radius 1 is 1.29 bits per heavy atom. The molecule has 0 spiro atoms. The highest BCUT2D eigenvalue weighted by atomic mass is 16.6. The van der Waals surface area contributed by atoms with Crippen molar-refractivity contribution in [2.45, 2.75) is 26.3 Å². The van der Waals surface area contributed by atoms with Gasteiger partial charge in [-0.05, 0) is 30.5 Å². The lowest BCUT2D eigenvalue weighted by Crippen LogP contribution is -2.49. The van der Waals surface area contributed by atoms with Crippen LogP contribution in [-0.2, 0) is 5.54 Å². The molecule has 0 aromatic heterocycles. The quantitative estimate of drug-likeness (QED) is 0.924. The average Bonchev–Trinajstić information content (AvgIpc) is 2.76. The summed E-state index contributed by atoms with van der Waals surface area (Å²) < 4.78 is 11.3. The number of guanidine groups is 1. The first kappa shape index (κ1) is 14.0. The largest absolute Gasteiger partial charge is 0.486 e. The van der Waals surface area contributed by atoms with Crippen LogP contribution in [0.1, 0.15) is 26.3 Å². The molecule has 0 amide bonds. The number of aliphatic imine (C=N–C) groups is 1. The van der Waals surface area contributed by atoms with Gasteiger partial charge in [0.2, 0.25) is 0 Å². The van der Waals surface area contributed by atoms with Crippen molar-refractivity contribution < 1.29 is 9.47 Å². The van der Waals surface area contributed by atoms with Gasteiger partial charge in [-0.1, -0.05) is 19.9 Å². The Labute approximate surface area is 125 Å². The van der Waals surface area contributed by atoms with E-state index < -0.39 is 0 Å².